The largest absolute Gasteiger partial charge is 0.504 e. The Morgan fingerprint density at radius 3 is 2.61 bits per heavy atom. The number of hydrogen-bond donors (Lipinski definition) is 3. The van der Waals surface area contributed by atoms with E-state index in [9.17, 15) is 20.3 Å². The van der Waals surface area contributed by atoms with Crippen LogP contribution in [0.15, 0.2) is 12.1 Å². The normalized spacial score (nSPS) is 19.0. The van der Waals surface area contributed by atoms with Gasteiger partial charge in [0.2, 0.25) is 5.75 Å². The summed E-state index contributed by atoms with van der Waals surface area (Å²) in [6.07, 6.45) is 3.01. The number of hydrogen-bond acceptors (Lipinski definition) is 5. The molecule has 18 heavy (non-hydrogen) atoms. The molecule has 1 aliphatic rings. The lowest BCUT2D eigenvalue weighted by Crippen LogP contribution is -2.26. The zero-order valence-electron chi connectivity index (χ0n) is 9.63. The number of halogens is 1. The van der Waals surface area contributed by atoms with Crippen molar-refractivity contribution < 1.29 is 15.1 Å². The third kappa shape index (κ3) is 2.83. The number of rotatable bonds is 2. The van der Waals surface area contributed by atoms with Crippen molar-refractivity contribution in [2.45, 2.75) is 25.3 Å². The highest BCUT2D eigenvalue weighted by Gasteiger charge is 2.23. The van der Waals surface area contributed by atoms with Gasteiger partial charge in [-0.15, -0.1) is 12.4 Å². The van der Waals surface area contributed by atoms with Crippen molar-refractivity contribution in [1.82, 2.24) is 5.32 Å². The van der Waals surface area contributed by atoms with E-state index in [1.165, 1.54) is 12.1 Å². The van der Waals surface area contributed by atoms with Gasteiger partial charge in [-0.2, -0.15) is 0 Å². The van der Waals surface area contributed by atoms with Gasteiger partial charge in [-0.3, -0.25) is 10.1 Å². The molecule has 3 N–H and O–H groups in total. The Bertz CT molecular complexity index is 447. The summed E-state index contributed by atoms with van der Waals surface area (Å²) < 4.78 is 0. The molecule has 100 valence electrons. The third-order valence-corrected chi connectivity index (χ3v) is 3.00. The summed E-state index contributed by atoms with van der Waals surface area (Å²) in [6, 6.07) is 2.71. The van der Waals surface area contributed by atoms with Crippen LogP contribution in [-0.2, 0) is 0 Å². The third-order valence-electron chi connectivity index (χ3n) is 3.00. The van der Waals surface area contributed by atoms with Gasteiger partial charge in [-0.1, -0.05) is 6.42 Å². The monoisotopic (exact) mass is 274 g/mol. The van der Waals surface area contributed by atoms with Gasteiger partial charge in [0.15, 0.2) is 5.75 Å². The lowest BCUT2D eigenvalue weighted by atomic mass is 9.97. The number of phenols is 2. The molecule has 1 aromatic carbocycles. The molecule has 1 fully saturated rings. The van der Waals surface area contributed by atoms with Crippen LogP contribution >= 0.6 is 12.4 Å². The molecule has 0 amide bonds. The van der Waals surface area contributed by atoms with E-state index in [1.807, 2.05) is 0 Å². The van der Waals surface area contributed by atoms with Crippen molar-refractivity contribution in [3.8, 4) is 11.5 Å². The van der Waals surface area contributed by atoms with Gasteiger partial charge in [0, 0.05) is 12.1 Å². The van der Waals surface area contributed by atoms with Crippen molar-refractivity contribution in [3.63, 3.8) is 0 Å². The molecule has 1 heterocycles. The molecule has 0 bridgehead atoms. The Hall–Kier alpha value is -1.53. The van der Waals surface area contributed by atoms with E-state index in [1.54, 1.807) is 0 Å². The summed E-state index contributed by atoms with van der Waals surface area (Å²) in [5.41, 5.74) is 0.194. The minimum atomic E-state index is -0.693. The van der Waals surface area contributed by atoms with Gasteiger partial charge in [0.05, 0.1) is 4.92 Å². The molecule has 0 aromatic heterocycles. The van der Waals surface area contributed by atoms with Gasteiger partial charge >= 0.3 is 5.69 Å². The maximum absolute atomic E-state index is 10.7. The van der Waals surface area contributed by atoms with Gasteiger partial charge in [0.1, 0.15) is 0 Å². The van der Waals surface area contributed by atoms with E-state index in [-0.39, 0.29) is 18.4 Å². The number of nitrogens with zero attached hydrogens (tertiary/aromatic N) is 1. The smallest absolute Gasteiger partial charge is 0.314 e. The average molecular weight is 275 g/mol. The Balaban J connectivity index is 0.00000162. The molecule has 1 saturated heterocycles. The lowest BCUT2D eigenvalue weighted by Gasteiger charge is -2.23. The number of nitro groups is 1. The first-order valence-electron chi connectivity index (χ1n) is 5.53. The van der Waals surface area contributed by atoms with Crippen LogP contribution in [-0.4, -0.2) is 21.7 Å². The first-order chi connectivity index (χ1) is 8.09. The maximum atomic E-state index is 10.7. The van der Waals surface area contributed by atoms with E-state index in [0.29, 0.717) is 5.56 Å². The summed E-state index contributed by atoms with van der Waals surface area (Å²) in [4.78, 5) is 10.0. The van der Waals surface area contributed by atoms with Gasteiger partial charge < -0.3 is 15.5 Å². The summed E-state index contributed by atoms with van der Waals surface area (Å²) >= 11 is 0. The summed E-state index contributed by atoms with van der Waals surface area (Å²) in [7, 11) is 0. The maximum Gasteiger partial charge on any atom is 0.314 e. The number of nitrogens with one attached hydrogen (secondary N) is 1. The molecule has 0 saturated carbocycles. The highest BCUT2D eigenvalue weighted by molar-refractivity contribution is 5.85. The molecule has 1 aromatic rings. The van der Waals surface area contributed by atoms with Crippen LogP contribution in [0.3, 0.4) is 0 Å². The van der Waals surface area contributed by atoms with Gasteiger partial charge in [0.25, 0.3) is 0 Å². The van der Waals surface area contributed by atoms with E-state index in [0.717, 1.165) is 25.8 Å². The molecule has 0 aliphatic carbocycles. The summed E-state index contributed by atoms with van der Waals surface area (Å²) in [5, 5.41) is 32.8. The molecule has 6 nitrogen and oxygen atoms in total. The van der Waals surface area contributed by atoms with Gasteiger partial charge in [-0.05, 0) is 31.0 Å². The standard InChI is InChI=1S/C11H14N2O4.ClH/c14-10-6-7(8-3-1-2-4-12-8)5-9(11(10)15)13(16)17;/h5-6,8,12,14-15H,1-4H2;1H/t8-;/m1./s1. The quantitative estimate of drug-likeness (QED) is 0.437. The van der Waals surface area contributed by atoms with Crippen LogP contribution in [0.1, 0.15) is 30.9 Å². The second kappa shape index (κ2) is 5.88. The molecule has 7 heteroatoms. The Morgan fingerprint density at radius 1 is 1.33 bits per heavy atom. The first-order valence-corrected chi connectivity index (χ1v) is 5.53. The minimum Gasteiger partial charge on any atom is -0.504 e. The average Bonchev–Trinajstić information content (AvgIpc) is 2.33. The van der Waals surface area contributed by atoms with Crippen LogP contribution in [0, 0.1) is 10.1 Å². The zero-order chi connectivity index (χ0) is 12.4. The van der Waals surface area contributed by atoms with Crippen LogP contribution in [0.4, 0.5) is 5.69 Å². The van der Waals surface area contributed by atoms with E-state index >= 15 is 0 Å². The lowest BCUT2D eigenvalue weighted by molar-refractivity contribution is -0.386. The van der Waals surface area contributed by atoms with Gasteiger partial charge in [-0.25, -0.2) is 0 Å². The van der Waals surface area contributed by atoms with Crippen molar-refractivity contribution in [2.24, 2.45) is 0 Å². The predicted octanol–water partition coefficient (Wildman–Crippen LogP) is 2.24. The Morgan fingerprint density at radius 2 is 2.06 bits per heavy atom. The number of piperidine rings is 1. The fourth-order valence-corrected chi connectivity index (χ4v) is 2.10. The van der Waals surface area contributed by atoms with E-state index < -0.39 is 22.1 Å². The van der Waals surface area contributed by atoms with Crippen molar-refractivity contribution in [2.75, 3.05) is 6.54 Å². The minimum absolute atomic E-state index is 0. The molecule has 1 atom stereocenters. The zero-order valence-corrected chi connectivity index (χ0v) is 10.4. The SMILES string of the molecule is Cl.O=[N+]([O-])c1cc([C@H]2CCCCN2)cc(O)c1O. The number of phenolic OH excluding ortho intramolecular Hbond substituents is 2. The van der Waals surface area contributed by atoms with Crippen molar-refractivity contribution >= 4 is 18.1 Å². The highest BCUT2D eigenvalue weighted by atomic mass is 35.5. The predicted molar refractivity (Wildman–Crippen MR) is 68.3 cm³/mol. The number of aromatic hydroxyl groups is 2. The Labute approximate surface area is 110 Å². The number of nitro benzene ring substituents is 1. The first kappa shape index (κ1) is 14.5. The molecular weight excluding hydrogens is 260 g/mol. The molecule has 0 spiro atoms. The molecule has 1 aliphatic heterocycles. The Kier molecular flexibility index (Phi) is 4.75. The summed E-state index contributed by atoms with van der Waals surface area (Å²) in [5.74, 6) is -1.11. The van der Waals surface area contributed by atoms with Crippen molar-refractivity contribution in [3.05, 3.63) is 27.8 Å². The van der Waals surface area contributed by atoms with Crippen LogP contribution < -0.4 is 5.32 Å². The van der Waals surface area contributed by atoms with E-state index in [4.69, 9.17) is 0 Å². The summed E-state index contributed by atoms with van der Waals surface area (Å²) in [6.45, 7) is 0.861. The molecule has 0 unspecified atom stereocenters. The number of benzene rings is 1. The van der Waals surface area contributed by atoms with Crippen LogP contribution in [0.2, 0.25) is 0 Å². The van der Waals surface area contributed by atoms with Crippen molar-refractivity contribution in [1.29, 1.82) is 0 Å². The fraction of sp³-hybridized carbons (Fsp3) is 0.455. The van der Waals surface area contributed by atoms with E-state index in [2.05, 4.69) is 5.32 Å². The molecule has 0 radical (unpaired) electrons. The fourth-order valence-electron chi connectivity index (χ4n) is 2.10. The topological polar surface area (TPSA) is 95.6 Å². The second-order valence-electron chi connectivity index (χ2n) is 4.17. The molecular formula is C11H15ClN2O4. The van der Waals surface area contributed by atoms with Crippen LogP contribution in [0.25, 0.3) is 0 Å². The van der Waals surface area contributed by atoms with Crippen LogP contribution in [0.5, 0.6) is 11.5 Å². The second-order valence-corrected chi connectivity index (χ2v) is 4.17. The highest BCUT2D eigenvalue weighted by Crippen LogP contribution is 2.38. The molecule has 2 rings (SSSR count).